The summed E-state index contributed by atoms with van der Waals surface area (Å²) in [6.07, 6.45) is 3.44. The van der Waals surface area contributed by atoms with Crippen LogP contribution < -0.4 is 9.64 Å². The van der Waals surface area contributed by atoms with Crippen LogP contribution in [0.1, 0.15) is 43.2 Å². The Bertz CT molecular complexity index is 1170. The summed E-state index contributed by atoms with van der Waals surface area (Å²) >= 11 is 0. The number of anilines is 2. The molecule has 3 aromatic carbocycles. The van der Waals surface area contributed by atoms with Crippen LogP contribution in [0.25, 0.3) is 0 Å². The molecule has 2 unspecified atom stereocenters. The lowest BCUT2D eigenvalue weighted by molar-refractivity contribution is -0.145. The van der Waals surface area contributed by atoms with Gasteiger partial charge in [-0.15, -0.1) is 0 Å². The molecule has 0 heterocycles. The molecule has 2 aliphatic carbocycles. The van der Waals surface area contributed by atoms with E-state index in [0.29, 0.717) is 19.1 Å². The molecule has 1 amide bonds. The van der Waals surface area contributed by atoms with Crippen LogP contribution >= 0.6 is 0 Å². The van der Waals surface area contributed by atoms with Gasteiger partial charge < -0.3 is 14.2 Å². The standard InChI is InChI=1S/C30H31NO5/c1-2-34-28(32)20-35-27-17-9-15-24-25(27)16-10-18-30(19-26(24)30)21-36-29(33)31(22-11-5-3-6-12-22)23-13-7-4-8-14-23/h3-9,11-15,17,26H,2,10,16,18-21H2,1H3. The third kappa shape index (κ3) is 4.94. The van der Waals surface area contributed by atoms with Gasteiger partial charge in [0.25, 0.3) is 0 Å². The van der Waals surface area contributed by atoms with E-state index < -0.39 is 0 Å². The lowest BCUT2D eigenvalue weighted by Gasteiger charge is -2.24. The molecule has 0 radical (unpaired) electrons. The minimum absolute atomic E-state index is 0.0558. The normalized spacial score (nSPS) is 19.8. The van der Waals surface area contributed by atoms with E-state index in [1.165, 1.54) is 5.56 Å². The van der Waals surface area contributed by atoms with Crippen molar-refractivity contribution in [2.45, 2.75) is 38.5 Å². The summed E-state index contributed by atoms with van der Waals surface area (Å²) in [5.41, 5.74) is 3.89. The molecule has 3 aromatic rings. The number of ether oxygens (including phenoxy) is 3. The number of nitrogens with zero attached hydrogens (tertiary/aromatic N) is 1. The fourth-order valence-electron chi connectivity index (χ4n) is 5.35. The lowest BCUT2D eigenvalue weighted by atomic mass is 9.97. The van der Waals surface area contributed by atoms with Gasteiger partial charge in [0, 0.05) is 5.41 Å². The molecule has 0 spiro atoms. The maximum Gasteiger partial charge on any atom is 0.418 e. The quantitative estimate of drug-likeness (QED) is 0.345. The van der Waals surface area contributed by atoms with E-state index in [9.17, 15) is 9.59 Å². The van der Waals surface area contributed by atoms with Crippen LogP contribution in [0.5, 0.6) is 5.75 Å². The second-order valence-electron chi connectivity index (χ2n) is 9.45. The van der Waals surface area contributed by atoms with E-state index in [0.717, 1.165) is 48.4 Å². The number of carbonyl (C=O) groups is 2. The topological polar surface area (TPSA) is 65.1 Å². The maximum absolute atomic E-state index is 13.4. The Labute approximate surface area is 211 Å². The van der Waals surface area contributed by atoms with E-state index in [1.807, 2.05) is 72.8 Å². The van der Waals surface area contributed by atoms with Gasteiger partial charge in [-0.1, -0.05) is 48.5 Å². The molecule has 6 heteroatoms. The van der Waals surface area contributed by atoms with Gasteiger partial charge in [0.05, 0.1) is 24.6 Å². The summed E-state index contributed by atoms with van der Waals surface area (Å²) in [5, 5.41) is 0. The first-order valence-corrected chi connectivity index (χ1v) is 12.6. The van der Waals surface area contributed by atoms with Gasteiger partial charge in [-0.05, 0) is 80.0 Å². The van der Waals surface area contributed by atoms with Crippen molar-refractivity contribution in [1.82, 2.24) is 0 Å². The predicted molar refractivity (Wildman–Crippen MR) is 138 cm³/mol. The third-order valence-corrected chi connectivity index (χ3v) is 7.18. The molecule has 2 atom stereocenters. The largest absolute Gasteiger partial charge is 0.482 e. The van der Waals surface area contributed by atoms with Crippen molar-refractivity contribution in [1.29, 1.82) is 0 Å². The van der Waals surface area contributed by atoms with Crippen molar-refractivity contribution in [3.05, 3.63) is 90.0 Å². The van der Waals surface area contributed by atoms with Gasteiger partial charge in [-0.3, -0.25) is 0 Å². The number of esters is 1. The molecule has 0 saturated heterocycles. The zero-order valence-electron chi connectivity index (χ0n) is 20.5. The Balaban J connectivity index is 1.30. The van der Waals surface area contributed by atoms with Gasteiger partial charge in [-0.2, -0.15) is 0 Å². The summed E-state index contributed by atoms with van der Waals surface area (Å²) in [6, 6.07) is 25.2. The fraction of sp³-hybridized carbons (Fsp3) is 0.333. The Morgan fingerprint density at radius 2 is 1.61 bits per heavy atom. The lowest BCUT2D eigenvalue weighted by Crippen LogP contribution is -2.29. The van der Waals surface area contributed by atoms with Crippen molar-refractivity contribution in [3.8, 4) is 5.75 Å². The molecule has 1 fully saturated rings. The van der Waals surface area contributed by atoms with E-state index >= 15 is 0 Å². The van der Waals surface area contributed by atoms with Gasteiger partial charge in [0.2, 0.25) is 0 Å². The highest BCUT2D eigenvalue weighted by molar-refractivity contribution is 5.95. The van der Waals surface area contributed by atoms with Crippen molar-refractivity contribution in [2.24, 2.45) is 5.41 Å². The number of fused-ring (bicyclic) bond motifs is 3. The Morgan fingerprint density at radius 1 is 0.917 bits per heavy atom. The highest BCUT2D eigenvalue weighted by Crippen LogP contribution is 2.65. The SMILES string of the molecule is CCOC(=O)COc1cccc2c1CCCC1(COC(=O)N(c3ccccc3)c3ccccc3)CC21. The predicted octanol–water partition coefficient (Wildman–Crippen LogP) is 6.41. The zero-order valence-corrected chi connectivity index (χ0v) is 20.5. The highest BCUT2D eigenvalue weighted by atomic mass is 16.6. The molecule has 1 saturated carbocycles. The summed E-state index contributed by atoms with van der Waals surface area (Å²) in [7, 11) is 0. The number of hydrogen-bond donors (Lipinski definition) is 0. The second kappa shape index (κ2) is 10.4. The van der Waals surface area contributed by atoms with Crippen LogP contribution in [0.3, 0.4) is 0 Å². The summed E-state index contributed by atoms with van der Waals surface area (Å²) in [6.45, 7) is 2.40. The van der Waals surface area contributed by atoms with Gasteiger partial charge in [0.15, 0.2) is 6.61 Å². The van der Waals surface area contributed by atoms with Gasteiger partial charge >= 0.3 is 12.1 Å². The first-order chi connectivity index (χ1) is 17.6. The summed E-state index contributed by atoms with van der Waals surface area (Å²) < 4.78 is 16.8. The number of para-hydroxylation sites is 2. The second-order valence-corrected chi connectivity index (χ2v) is 9.45. The highest BCUT2D eigenvalue weighted by Gasteiger charge is 2.57. The maximum atomic E-state index is 13.4. The minimum atomic E-state index is -0.372. The van der Waals surface area contributed by atoms with E-state index in [4.69, 9.17) is 14.2 Å². The molecular weight excluding hydrogens is 454 g/mol. The molecular formula is C30H31NO5. The molecule has 186 valence electrons. The fourth-order valence-corrected chi connectivity index (χ4v) is 5.35. The van der Waals surface area contributed by atoms with Crippen LogP contribution in [0, 0.1) is 5.41 Å². The molecule has 36 heavy (non-hydrogen) atoms. The van der Waals surface area contributed by atoms with Gasteiger partial charge in [0.1, 0.15) is 5.75 Å². The Kier molecular flexibility index (Phi) is 6.94. The number of benzene rings is 3. The summed E-state index contributed by atoms with van der Waals surface area (Å²) in [4.78, 5) is 26.8. The average Bonchev–Trinajstić information content (AvgIpc) is 3.64. The van der Waals surface area contributed by atoms with Crippen LogP contribution in [0.15, 0.2) is 78.9 Å². The first-order valence-electron chi connectivity index (χ1n) is 12.6. The van der Waals surface area contributed by atoms with Crippen molar-refractivity contribution in [2.75, 3.05) is 24.7 Å². The summed E-state index contributed by atoms with van der Waals surface area (Å²) in [5.74, 6) is 0.702. The number of hydrogen-bond acceptors (Lipinski definition) is 5. The number of amides is 1. The molecule has 0 aliphatic heterocycles. The van der Waals surface area contributed by atoms with E-state index in [-0.39, 0.29) is 24.1 Å². The van der Waals surface area contributed by atoms with Crippen LogP contribution in [-0.2, 0) is 20.7 Å². The Hall–Kier alpha value is -3.80. The average molecular weight is 486 g/mol. The molecule has 2 aliphatic rings. The monoisotopic (exact) mass is 485 g/mol. The smallest absolute Gasteiger partial charge is 0.418 e. The first kappa shape index (κ1) is 23.9. The molecule has 0 bridgehead atoms. The molecule has 0 N–H and O–H groups in total. The van der Waals surface area contributed by atoms with Crippen molar-refractivity contribution < 1.29 is 23.8 Å². The van der Waals surface area contributed by atoms with Crippen LogP contribution in [-0.4, -0.2) is 31.9 Å². The zero-order chi connectivity index (χ0) is 25.0. The van der Waals surface area contributed by atoms with E-state index in [2.05, 4.69) is 6.07 Å². The van der Waals surface area contributed by atoms with Crippen molar-refractivity contribution in [3.63, 3.8) is 0 Å². The number of carbonyl (C=O) groups excluding carboxylic acids is 2. The minimum Gasteiger partial charge on any atom is -0.482 e. The Morgan fingerprint density at radius 3 is 2.28 bits per heavy atom. The third-order valence-electron chi connectivity index (χ3n) is 7.18. The van der Waals surface area contributed by atoms with E-state index in [1.54, 1.807) is 11.8 Å². The molecule has 0 aromatic heterocycles. The van der Waals surface area contributed by atoms with Gasteiger partial charge in [-0.25, -0.2) is 14.5 Å². The molecule has 5 rings (SSSR count). The molecule has 6 nitrogen and oxygen atoms in total. The van der Waals surface area contributed by atoms with Crippen LogP contribution in [0.4, 0.5) is 16.2 Å². The van der Waals surface area contributed by atoms with Crippen LogP contribution in [0.2, 0.25) is 0 Å². The number of rotatable bonds is 8. The van der Waals surface area contributed by atoms with Crippen molar-refractivity contribution >= 4 is 23.4 Å².